The largest absolute Gasteiger partial charge is 0.504 e. The molecule has 1 amide bonds. The van der Waals surface area contributed by atoms with Crippen molar-refractivity contribution in [2.45, 2.75) is 26.2 Å². The molecular weight excluding hydrogens is 398 g/mol. The van der Waals surface area contributed by atoms with Crippen LogP contribution in [-0.4, -0.2) is 41.2 Å². The molecule has 2 aromatic rings. The number of amides is 1. The minimum Gasteiger partial charge on any atom is -0.504 e. The van der Waals surface area contributed by atoms with E-state index in [1.165, 1.54) is 19.2 Å². The monoisotopic (exact) mass is 423 g/mol. The zero-order valence-electron chi connectivity index (χ0n) is 17.7. The number of nitrogens with zero attached hydrogens (tertiary/aromatic N) is 3. The molecule has 4 atom stereocenters. The van der Waals surface area contributed by atoms with Crippen LogP contribution in [0, 0.1) is 29.1 Å². The normalized spacial score (nSPS) is 25.4. The van der Waals surface area contributed by atoms with Gasteiger partial charge in [-0.2, -0.15) is 10.2 Å². The van der Waals surface area contributed by atoms with Gasteiger partial charge in [0.2, 0.25) is 11.9 Å². The number of anilines is 2. The smallest absolute Gasteiger partial charge is 0.258 e. The fourth-order valence-corrected chi connectivity index (χ4v) is 4.73. The number of fused-ring (bicyclic) bond motifs is 1. The van der Waals surface area contributed by atoms with Crippen molar-refractivity contribution in [3.63, 3.8) is 0 Å². The highest BCUT2D eigenvalue weighted by atomic mass is 16.5. The van der Waals surface area contributed by atoms with Gasteiger partial charge in [-0.25, -0.2) is 0 Å². The van der Waals surface area contributed by atoms with Gasteiger partial charge in [0.15, 0.2) is 11.5 Å². The fraction of sp³-hybridized carbons (Fsp3) is 0.455. The van der Waals surface area contributed by atoms with Crippen LogP contribution in [0.25, 0.3) is 0 Å². The van der Waals surface area contributed by atoms with E-state index in [9.17, 15) is 20.0 Å². The maximum absolute atomic E-state index is 13.2. The molecule has 162 valence electrons. The van der Waals surface area contributed by atoms with Gasteiger partial charge in [0.1, 0.15) is 11.7 Å². The second-order valence-corrected chi connectivity index (χ2v) is 8.51. The molecule has 9 heteroatoms. The molecule has 4 unspecified atom stereocenters. The summed E-state index contributed by atoms with van der Waals surface area (Å²) in [5.41, 5.74) is 0.335. The first-order chi connectivity index (χ1) is 14.8. The van der Waals surface area contributed by atoms with Crippen LogP contribution in [0.2, 0.25) is 0 Å². The lowest BCUT2D eigenvalue weighted by atomic mass is 9.79. The Bertz CT molecular complexity index is 1110. The lowest BCUT2D eigenvalue weighted by molar-refractivity contribution is -0.119. The maximum Gasteiger partial charge on any atom is 0.258 e. The van der Waals surface area contributed by atoms with E-state index in [2.05, 4.69) is 29.1 Å². The van der Waals surface area contributed by atoms with Crippen LogP contribution in [0.4, 0.5) is 11.8 Å². The van der Waals surface area contributed by atoms with Crippen molar-refractivity contribution in [1.29, 1.82) is 5.26 Å². The number of carbonyl (C=O) groups excluding carboxylic acids is 1. The molecule has 0 aliphatic carbocycles. The van der Waals surface area contributed by atoms with Crippen LogP contribution in [0.3, 0.4) is 0 Å². The summed E-state index contributed by atoms with van der Waals surface area (Å²) in [5, 5.41) is 22.2. The molecule has 1 aromatic carbocycles. The first-order valence-electron chi connectivity index (χ1n) is 10.3. The zero-order chi connectivity index (χ0) is 22.3. The van der Waals surface area contributed by atoms with E-state index in [0.29, 0.717) is 23.3 Å². The molecule has 1 saturated heterocycles. The van der Waals surface area contributed by atoms with E-state index in [4.69, 9.17) is 4.74 Å². The van der Waals surface area contributed by atoms with Crippen LogP contribution >= 0.6 is 0 Å². The number of methoxy groups -OCH3 is 1. The van der Waals surface area contributed by atoms with Gasteiger partial charge in [-0.05, 0) is 36.0 Å². The Balaban J connectivity index is 1.83. The quantitative estimate of drug-likeness (QED) is 0.689. The van der Waals surface area contributed by atoms with Gasteiger partial charge in [0, 0.05) is 19.0 Å². The highest BCUT2D eigenvalue weighted by molar-refractivity contribution is 5.98. The van der Waals surface area contributed by atoms with Crippen LogP contribution in [-0.2, 0) is 4.79 Å². The Labute approximate surface area is 179 Å². The number of aromatic hydroxyl groups is 1. The maximum atomic E-state index is 13.2. The Morgan fingerprint density at radius 1 is 1.26 bits per heavy atom. The van der Waals surface area contributed by atoms with Crippen molar-refractivity contribution in [2.24, 2.45) is 17.8 Å². The lowest BCUT2D eigenvalue weighted by Gasteiger charge is -2.36. The molecule has 2 aliphatic heterocycles. The van der Waals surface area contributed by atoms with E-state index in [1.807, 2.05) is 11.0 Å². The van der Waals surface area contributed by atoms with Gasteiger partial charge < -0.3 is 20.1 Å². The van der Waals surface area contributed by atoms with E-state index in [-0.39, 0.29) is 22.9 Å². The number of rotatable bonds is 3. The zero-order valence-corrected chi connectivity index (χ0v) is 17.7. The van der Waals surface area contributed by atoms with E-state index >= 15 is 0 Å². The first-order valence-corrected chi connectivity index (χ1v) is 10.3. The van der Waals surface area contributed by atoms with Gasteiger partial charge in [0.05, 0.1) is 18.7 Å². The van der Waals surface area contributed by atoms with Crippen LogP contribution < -0.4 is 20.5 Å². The number of aromatic amines is 1. The van der Waals surface area contributed by atoms with Crippen molar-refractivity contribution in [3.05, 3.63) is 39.7 Å². The second-order valence-electron chi connectivity index (χ2n) is 8.51. The average Bonchev–Trinajstić information content (AvgIpc) is 2.72. The summed E-state index contributed by atoms with van der Waals surface area (Å²) in [6, 6.07) is 6.54. The highest BCUT2D eigenvalue weighted by Gasteiger charge is 2.41. The molecule has 2 aliphatic rings. The summed E-state index contributed by atoms with van der Waals surface area (Å²) in [7, 11) is 1.41. The fourth-order valence-electron chi connectivity index (χ4n) is 4.73. The van der Waals surface area contributed by atoms with E-state index < -0.39 is 23.3 Å². The Morgan fingerprint density at radius 2 is 1.97 bits per heavy atom. The van der Waals surface area contributed by atoms with Gasteiger partial charge in [-0.3, -0.25) is 14.6 Å². The predicted octanol–water partition coefficient (Wildman–Crippen LogP) is 2.19. The minimum atomic E-state index is -1.12. The number of ether oxygens (including phenoxy) is 1. The summed E-state index contributed by atoms with van der Waals surface area (Å²) < 4.78 is 5.17. The number of nitriles is 1. The van der Waals surface area contributed by atoms with Crippen molar-refractivity contribution in [3.8, 4) is 17.6 Å². The number of benzene rings is 1. The third-order valence-corrected chi connectivity index (χ3v) is 5.98. The third-order valence-electron chi connectivity index (χ3n) is 5.98. The lowest BCUT2D eigenvalue weighted by Crippen LogP contribution is -2.42. The number of hydrogen-bond donors (Lipinski definition) is 3. The number of piperidine rings is 1. The summed E-state index contributed by atoms with van der Waals surface area (Å²) in [6.07, 6.45) is 1.11. The molecule has 0 radical (unpaired) electrons. The van der Waals surface area contributed by atoms with E-state index in [0.717, 1.165) is 19.5 Å². The predicted molar refractivity (Wildman–Crippen MR) is 114 cm³/mol. The number of aromatic nitrogens is 2. The molecule has 3 heterocycles. The molecular formula is C22H25N5O4. The van der Waals surface area contributed by atoms with Gasteiger partial charge in [0.25, 0.3) is 5.56 Å². The summed E-state index contributed by atoms with van der Waals surface area (Å²) >= 11 is 0. The summed E-state index contributed by atoms with van der Waals surface area (Å²) in [4.78, 5) is 35.4. The molecule has 3 N–H and O–H groups in total. The van der Waals surface area contributed by atoms with E-state index in [1.54, 1.807) is 6.07 Å². The third kappa shape index (κ3) is 3.69. The molecule has 1 fully saturated rings. The average molecular weight is 423 g/mol. The SMILES string of the molecule is COc1cc(C2c3c(nc(N4CC(C)CC(C)C4)[nH]c3=O)NC(=O)C2C#N)ccc1O. The van der Waals surface area contributed by atoms with Crippen LogP contribution in [0.5, 0.6) is 11.5 Å². The molecule has 0 bridgehead atoms. The summed E-state index contributed by atoms with van der Waals surface area (Å²) in [6.45, 7) is 5.85. The van der Waals surface area contributed by atoms with Gasteiger partial charge in [-0.15, -0.1) is 0 Å². The minimum absolute atomic E-state index is 0.0732. The van der Waals surface area contributed by atoms with Crippen molar-refractivity contribution in [2.75, 3.05) is 30.4 Å². The van der Waals surface area contributed by atoms with Gasteiger partial charge in [-0.1, -0.05) is 19.9 Å². The number of carbonyl (C=O) groups is 1. The molecule has 1 aromatic heterocycles. The standard InChI is InChI=1S/C22H25N5O4/c1-11-6-12(2)10-27(9-11)22-25-19-18(21(30)26-22)17(14(8-23)20(29)24-19)13-4-5-15(28)16(7-13)31-3/h4-5,7,11-12,14,17,28H,6,9-10H2,1-3H3,(H2,24,25,26,29,30). The topological polar surface area (TPSA) is 131 Å². The number of hydrogen-bond acceptors (Lipinski definition) is 7. The molecule has 31 heavy (non-hydrogen) atoms. The van der Waals surface area contributed by atoms with Crippen LogP contribution in [0.15, 0.2) is 23.0 Å². The molecule has 0 spiro atoms. The number of phenolic OH excluding ortho intramolecular Hbond substituents is 1. The second kappa shape index (κ2) is 7.95. The van der Waals surface area contributed by atoms with Crippen molar-refractivity contribution in [1.82, 2.24) is 9.97 Å². The van der Waals surface area contributed by atoms with Crippen LogP contribution in [0.1, 0.15) is 37.3 Å². The Kier molecular flexibility index (Phi) is 5.31. The molecule has 4 rings (SSSR count). The Hall–Kier alpha value is -3.54. The van der Waals surface area contributed by atoms with Crippen molar-refractivity contribution >= 4 is 17.7 Å². The molecule has 9 nitrogen and oxygen atoms in total. The highest BCUT2D eigenvalue weighted by Crippen LogP contribution is 2.41. The number of nitrogens with one attached hydrogen (secondary N) is 2. The number of H-pyrrole nitrogens is 1. The van der Waals surface area contributed by atoms with Gasteiger partial charge >= 0.3 is 0 Å². The Morgan fingerprint density at radius 3 is 2.61 bits per heavy atom. The summed E-state index contributed by atoms with van der Waals surface area (Å²) in [5.74, 6) is -0.859. The number of phenols is 1. The molecule has 0 saturated carbocycles. The first kappa shape index (κ1) is 20.7. The van der Waals surface area contributed by atoms with Crippen molar-refractivity contribution < 1.29 is 14.6 Å².